The van der Waals surface area contributed by atoms with Crippen molar-refractivity contribution in [3.05, 3.63) is 86.3 Å². The summed E-state index contributed by atoms with van der Waals surface area (Å²) >= 11 is 11.8. The van der Waals surface area contributed by atoms with Gasteiger partial charge >= 0.3 is 6.18 Å². The third-order valence-corrected chi connectivity index (χ3v) is 5.86. The quantitative estimate of drug-likeness (QED) is 0.367. The van der Waals surface area contributed by atoms with Gasteiger partial charge in [0.15, 0.2) is 0 Å². The minimum atomic E-state index is -4.66. The van der Waals surface area contributed by atoms with Crippen LogP contribution in [0.2, 0.25) is 10.3 Å². The summed E-state index contributed by atoms with van der Waals surface area (Å²) in [4.78, 5) is 22.9. The van der Waals surface area contributed by atoms with Gasteiger partial charge in [-0.25, -0.2) is 4.98 Å². The van der Waals surface area contributed by atoms with Crippen LogP contribution in [0.25, 0.3) is 16.7 Å². The highest BCUT2D eigenvalue weighted by Gasteiger charge is 2.38. The van der Waals surface area contributed by atoms with E-state index in [1.807, 2.05) is 0 Å². The summed E-state index contributed by atoms with van der Waals surface area (Å²) in [7, 11) is 0. The monoisotopic (exact) mass is 495 g/mol. The molecule has 0 aliphatic heterocycles. The second-order valence-corrected chi connectivity index (χ2v) is 8.51. The van der Waals surface area contributed by atoms with E-state index < -0.39 is 29.4 Å². The van der Waals surface area contributed by atoms with Crippen LogP contribution in [0, 0.1) is 5.92 Å². The molecule has 11 heteroatoms. The first-order chi connectivity index (χ1) is 15.5. The van der Waals surface area contributed by atoms with Gasteiger partial charge in [-0.15, -0.1) is 0 Å². The molecule has 4 aromatic rings. The molecule has 33 heavy (non-hydrogen) atoms. The third-order valence-electron chi connectivity index (χ3n) is 5.45. The number of pyridine rings is 1. The standard InChI is InChI=1S/C22H18Cl2F3N5O/c1-11(18(28)15-10-13-9-14(23)2-3-16(13)30-20(15)33)8-12-5-7-32(19(12)22(25,26)27)17-4-6-29-21(24)31-17/h2-7,9-11,18H,8,28H2,1H3,(H,30,33)/t11-,18+/m1/s1. The zero-order chi connectivity index (χ0) is 23.9. The summed E-state index contributed by atoms with van der Waals surface area (Å²) in [5.74, 6) is -0.498. The lowest BCUT2D eigenvalue weighted by Gasteiger charge is -2.21. The molecule has 2 atom stereocenters. The fourth-order valence-electron chi connectivity index (χ4n) is 3.83. The molecule has 1 aromatic carbocycles. The van der Waals surface area contributed by atoms with E-state index in [0.29, 0.717) is 15.9 Å². The summed E-state index contributed by atoms with van der Waals surface area (Å²) in [6, 6.07) is 8.52. The first kappa shape index (κ1) is 23.3. The first-order valence-corrected chi connectivity index (χ1v) is 10.6. The molecule has 0 spiro atoms. The molecule has 3 N–H and O–H groups in total. The Morgan fingerprint density at radius 3 is 2.64 bits per heavy atom. The van der Waals surface area contributed by atoms with Crippen molar-refractivity contribution in [2.45, 2.75) is 25.6 Å². The molecule has 6 nitrogen and oxygen atoms in total. The zero-order valence-corrected chi connectivity index (χ0v) is 18.7. The Kier molecular flexibility index (Phi) is 6.22. The number of alkyl halides is 3. The highest BCUT2D eigenvalue weighted by Crippen LogP contribution is 2.36. The van der Waals surface area contributed by atoms with Gasteiger partial charge in [0.2, 0.25) is 5.28 Å². The molecule has 0 radical (unpaired) electrons. The van der Waals surface area contributed by atoms with Gasteiger partial charge in [-0.3, -0.25) is 9.36 Å². The molecule has 3 aromatic heterocycles. The smallest absolute Gasteiger partial charge is 0.324 e. The number of aromatic amines is 1. The van der Waals surface area contributed by atoms with E-state index in [0.717, 1.165) is 4.57 Å². The largest absolute Gasteiger partial charge is 0.432 e. The van der Waals surface area contributed by atoms with Crippen molar-refractivity contribution in [3.63, 3.8) is 0 Å². The van der Waals surface area contributed by atoms with Crippen LogP contribution in [0.5, 0.6) is 0 Å². The van der Waals surface area contributed by atoms with Gasteiger partial charge in [-0.05, 0) is 65.9 Å². The summed E-state index contributed by atoms with van der Waals surface area (Å²) in [6.45, 7) is 1.70. The molecular formula is C22H18Cl2F3N5O. The number of hydrogen-bond acceptors (Lipinski definition) is 4. The SMILES string of the molecule is C[C@H](Cc1ccn(-c2ccnc(Cl)n2)c1C(F)(F)F)[C@H](N)c1cc2cc(Cl)ccc2[nH]c1=O. The lowest BCUT2D eigenvalue weighted by Crippen LogP contribution is -2.28. The van der Waals surface area contributed by atoms with Crippen LogP contribution in [-0.4, -0.2) is 19.5 Å². The van der Waals surface area contributed by atoms with Crippen molar-refractivity contribution in [1.29, 1.82) is 0 Å². The van der Waals surface area contributed by atoms with Crippen molar-refractivity contribution in [2.75, 3.05) is 0 Å². The molecule has 0 aliphatic rings. The molecule has 0 aliphatic carbocycles. The van der Waals surface area contributed by atoms with Gasteiger partial charge in [-0.2, -0.15) is 18.2 Å². The average molecular weight is 496 g/mol. The maximum Gasteiger partial charge on any atom is 0.432 e. The number of rotatable bonds is 5. The van der Waals surface area contributed by atoms with Crippen molar-refractivity contribution < 1.29 is 13.2 Å². The van der Waals surface area contributed by atoms with Crippen LogP contribution in [0.15, 0.2) is 53.6 Å². The number of halogens is 5. The van der Waals surface area contributed by atoms with Crippen LogP contribution in [0.4, 0.5) is 13.2 Å². The Hall–Kier alpha value is -2.88. The fourth-order valence-corrected chi connectivity index (χ4v) is 4.15. The van der Waals surface area contributed by atoms with E-state index in [1.54, 1.807) is 31.2 Å². The molecule has 4 rings (SSSR count). The summed E-state index contributed by atoms with van der Waals surface area (Å²) in [5, 5.41) is 1.01. The second kappa shape index (κ2) is 8.81. The van der Waals surface area contributed by atoms with E-state index in [4.69, 9.17) is 28.9 Å². The zero-order valence-electron chi connectivity index (χ0n) is 17.2. The first-order valence-electron chi connectivity index (χ1n) is 9.89. The molecule has 0 unspecified atom stereocenters. The van der Waals surface area contributed by atoms with Gasteiger partial charge in [0.05, 0.1) is 0 Å². The Balaban J connectivity index is 1.69. The second-order valence-electron chi connectivity index (χ2n) is 7.73. The third kappa shape index (κ3) is 4.75. The van der Waals surface area contributed by atoms with Crippen LogP contribution in [0.3, 0.4) is 0 Å². The molecule has 0 amide bonds. The number of hydrogen-bond donors (Lipinski definition) is 2. The Bertz CT molecular complexity index is 1380. The van der Waals surface area contributed by atoms with Crippen LogP contribution < -0.4 is 11.3 Å². The lowest BCUT2D eigenvalue weighted by atomic mass is 9.90. The van der Waals surface area contributed by atoms with E-state index >= 15 is 0 Å². The Labute approximate surface area is 196 Å². The molecule has 0 saturated heterocycles. The number of benzene rings is 1. The fraction of sp³-hybridized carbons (Fsp3) is 0.227. The number of aromatic nitrogens is 4. The van der Waals surface area contributed by atoms with Crippen molar-refractivity contribution >= 4 is 34.1 Å². The Morgan fingerprint density at radius 2 is 1.94 bits per heavy atom. The summed E-state index contributed by atoms with van der Waals surface area (Å²) in [5.41, 5.74) is 5.95. The normalized spacial score (nSPS) is 13.9. The summed E-state index contributed by atoms with van der Waals surface area (Å²) < 4.78 is 42.9. The number of nitrogens with two attached hydrogens (primary N) is 1. The highest BCUT2D eigenvalue weighted by atomic mass is 35.5. The summed E-state index contributed by atoms with van der Waals surface area (Å²) in [6.07, 6.45) is -2.12. The van der Waals surface area contributed by atoms with Crippen molar-refractivity contribution in [1.82, 2.24) is 19.5 Å². The van der Waals surface area contributed by atoms with E-state index in [9.17, 15) is 18.0 Å². The molecule has 3 heterocycles. The van der Waals surface area contributed by atoms with Crippen molar-refractivity contribution in [2.24, 2.45) is 11.7 Å². The molecule has 0 fully saturated rings. The van der Waals surface area contributed by atoms with Gasteiger partial charge < -0.3 is 10.7 Å². The topological polar surface area (TPSA) is 89.6 Å². The van der Waals surface area contributed by atoms with E-state index in [-0.39, 0.29) is 28.6 Å². The van der Waals surface area contributed by atoms with Crippen molar-refractivity contribution in [3.8, 4) is 5.82 Å². The van der Waals surface area contributed by atoms with E-state index in [1.165, 1.54) is 24.5 Å². The van der Waals surface area contributed by atoms with Gasteiger partial charge in [0.1, 0.15) is 11.5 Å². The van der Waals surface area contributed by atoms with Crippen LogP contribution in [0.1, 0.15) is 29.8 Å². The Morgan fingerprint density at radius 1 is 1.18 bits per heavy atom. The highest BCUT2D eigenvalue weighted by molar-refractivity contribution is 6.31. The van der Waals surface area contributed by atoms with Gasteiger partial charge in [-0.1, -0.05) is 18.5 Å². The maximum atomic E-state index is 14.0. The van der Waals surface area contributed by atoms with Gasteiger partial charge in [0.25, 0.3) is 5.56 Å². The predicted molar refractivity (Wildman–Crippen MR) is 121 cm³/mol. The number of fused-ring (bicyclic) bond motifs is 1. The van der Waals surface area contributed by atoms with E-state index in [2.05, 4.69) is 15.0 Å². The van der Waals surface area contributed by atoms with Gasteiger partial charge in [0, 0.05) is 39.9 Å². The number of nitrogens with zero attached hydrogens (tertiary/aromatic N) is 3. The molecule has 0 saturated carbocycles. The average Bonchev–Trinajstić information content (AvgIpc) is 3.17. The minimum absolute atomic E-state index is 0.00613. The minimum Gasteiger partial charge on any atom is -0.324 e. The lowest BCUT2D eigenvalue weighted by molar-refractivity contribution is -0.143. The molecular weight excluding hydrogens is 478 g/mol. The predicted octanol–water partition coefficient (Wildman–Crippen LogP) is 5.31. The molecule has 0 bridgehead atoms. The number of H-pyrrole nitrogens is 1. The molecule has 172 valence electrons. The number of nitrogens with one attached hydrogen (secondary N) is 1. The van der Waals surface area contributed by atoms with Crippen LogP contribution in [-0.2, 0) is 12.6 Å². The maximum absolute atomic E-state index is 14.0. The van der Waals surface area contributed by atoms with Crippen LogP contribution >= 0.6 is 23.2 Å².